The standard InChI is InChI=1S/C15H14ClFN2O2/c1-20-14-7-13-12(6-11(14)17)18-15(2-4-16)19(13)8-10-3-5-21-9-10/h3,5-7,9H,2,4,8H2,1H3. The van der Waals surface area contributed by atoms with E-state index in [1.807, 2.05) is 10.6 Å². The van der Waals surface area contributed by atoms with Crippen molar-refractivity contribution in [2.75, 3.05) is 13.0 Å². The number of nitrogens with zero attached hydrogens (tertiary/aromatic N) is 2. The van der Waals surface area contributed by atoms with Crippen molar-refractivity contribution in [2.24, 2.45) is 0 Å². The van der Waals surface area contributed by atoms with Gasteiger partial charge in [0, 0.05) is 30.0 Å². The Bertz CT molecular complexity index is 753. The average Bonchev–Trinajstić information content (AvgIpc) is 3.08. The quantitative estimate of drug-likeness (QED) is 0.676. The molecule has 6 heteroatoms. The number of ether oxygens (including phenoxy) is 1. The molecule has 0 N–H and O–H groups in total. The fraction of sp³-hybridized carbons (Fsp3) is 0.267. The molecular weight excluding hydrogens is 295 g/mol. The molecule has 0 saturated heterocycles. The van der Waals surface area contributed by atoms with E-state index in [4.69, 9.17) is 20.8 Å². The molecule has 0 amide bonds. The van der Waals surface area contributed by atoms with Gasteiger partial charge in [-0.15, -0.1) is 11.6 Å². The summed E-state index contributed by atoms with van der Waals surface area (Å²) in [5.74, 6) is 1.05. The van der Waals surface area contributed by atoms with Crippen molar-refractivity contribution >= 4 is 22.6 Å². The summed E-state index contributed by atoms with van der Waals surface area (Å²) in [7, 11) is 1.45. The predicted octanol–water partition coefficient (Wildman–Crippen LogP) is 3.61. The number of benzene rings is 1. The van der Waals surface area contributed by atoms with Crippen LogP contribution in [0.15, 0.2) is 35.1 Å². The molecule has 0 radical (unpaired) electrons. The minimum Gasteiger partial charge on any atom is -0.494 e. The molecular formula is C15H14ClFN2O2. The zero-order valence-electron chi connectivity index (χ0n) is 11.5. The third-order valence-corrected chi connectivity index (χ3v) is 3.53. The topological polar surface area (TPSA) is 40.2 Å². The summed E-state index contributed by atoms with van der Waals surface area (Å²) >= 11 is 5.84. The lowest BCUT2D eigenvalue weighted by molar-refractivity contribution is 0.387. The normalized spacial score (nSPS) is 11.2. The lowest BCUT2D eigenvalue weighted by Crippen LogP contribution is -2.05. The highest BCUT2D eigenvalue weighted by Gasteiger charge is 2.15. The third kappa shape index (κ3) is 2.61. The van der Waals surface area contributed by atoms with Gasteiger partial charge in [-0.05, 0) is 6.07 Å². The van der Waals surface area contributed by atoms with Crippen LogP contribution in [0.25, 0.3) is 11.0 Å². The summed E-state index contributed by atoms with van der Waals surface area (Å²) < 4.78 is 26.0. The molecule has 0 aliphatic carbocycles. The first-order valence-corrected chi connectivity index (χ1v) is 7.06. The van der Waals surface area contributed by atoms with E-state index in [9.17, 15) is 4.39 Å². The zero-order valence-corrected chi connectivity index (χ0v) is 12.2. The first-order valence-electron chi connectivity index (χ1n) is 6.52. The van der Waals surface area contributed by atoms with Gasteiger partial charge in [0.05, 0.1) is 37.2 Å². The number of methoxy groups -OCH3 is 1. The van der Waals surface area contributed by atoms with Crippen LogP contribution in [0.2, 0.25) is 0 Å². The minimum atomic E-state index is -0.421. The van der Waals surface area contributed by atoms with Crippen LogP contribution in [-0.4, -0.2) is 22.5 Å². The zero-order chi connectivity index (χ0) is 14.8. The van der Waals surface area contributed by atoms with Crippen molar-refractivity contribution in [1.82, 2.24) is 9.55 Å². The molecule has 3 aromatic rings. The molecule has 0 unspecified atom stereocenters. The van der Waals surface area contributed by atoms with Gasteiger partial charge in [-0.1, -0.05) is 0 Å². The van der Waals surface area contributed by atoms with Crippen LogP contribution < -0.4 is 4.74 Å². The summed E-state index contributed by atoms with van der Waals surface area (Å²) in [6.45, 7) is 0.591. The Labute approximate surface area is 126 Å². The molecule has 0 saturated carbocycles. The molecule has 110 valence electrons. The number of furan rings is 1. The number of hydrogen-bond donors (Lipinski definition) is 0. The summed E-state index contributed by atoms with van der Waals surface area (Å²) in [5.41, 5.74) is 2.42. The predicted molar refractivity (Wildman–Crippen MR) is 78.5 cm³/mol. The van der Waals surface area contributed by atoms with Crippen molar-refractivity contribution in [3.8, 4) is 5.75 Å². The molecule has 0 bridgehead atoms. The Morgan fingerprint density at radius 3 is 2.95 bits per heavy atom. The molecule has 4 nitrogen and oxygen atoms in total. The lowest BCUT2D eigenvalue weighted by atomic mass is 10.2. The van der Waals surface area contributed by atoms with Crippen molar-refractivity contribution in [3.63, 3.8) is 0 Å². The van der Waals surface area contributed by atoms with Gasteiger partial charge in [-0.25, -0.2) is 9.37 Å². The van der Waals surface area contributed by atoms with Gasteiger partial charge in [0.25, 0.3) is 0 Å². The highest BCUT2D eigenvalue weighted by Crippen LogP contribution is 2.26. The van der Waals surface area contributed by atoms with E-state index in [0.29, 0.717) is 24.4 Å². The fourth-order valence-corrected chi connectivity index (χ4v) is 2.52. The summed E-state index contributed by atoms with van der Waals surface area (Å²) in [6, 6.07) is 4.93. The van der Waals surface area contributed by atoms with Gasteiger partial charge in [0.15, 0.2) is 11.6 Å². The molecule has 0 fully saturated rings. The number of imidazole rings is 1. The van der Waals surface area contributed by atoms with Crippen LogP contribution in [0.1, 0.15) is 11.4 Å². The molecule has 0 atom stereocenters. The Kier molecular flexibility index (Phi) is 3.84. The molecule has 1 aromatic carbocycles. The Hall–Kier alpha value is -2.01. The van der Waals surface area contributed by atoms with Crippen LogP contribution in [0.3, 0.4) is 0 Å². The van der Waals surface area contributed by atoms with E-state index >= 15 is 0 Å². The van der Waals surface area contributed by atoms with Gasteiger partial charge in [0.1, 0.15) is 5.82 Å². The van der Waals surface area contributed by atoms with Crippen molar-refractivity contribution in [1.29, 1.82) is 0 Å². The van der Waals surface area contributed by atoms with Crippen LogP contribution in [0, 0.1) is 5.82 Å². The van der Waals surface area contributed by atoms with Gasteiger partial charge in [0.2, 0.25) is 0 Å². The van der Waals surface area contributed by atoms with Crippen LogP contribution in [0.5, 0.6) is 5.75 Å². The SMILES string of the molecule is COc1cc2c(cc1F)nc(CCCl)n2Cc1ccoc1. The van der Waals surface area contributed by atoms with E-state index in [-0.39, 0.29) is 5.75 Å². The van der Waals surface area contributed by atoms with E-state index in [2.05, 4.69) is 4.98 Å². The van der Waals surface area contributed by atoms with Gasteiger partial charge in [-0.2, -0.15) is 0 Å². The Morgan fingerprint density at radius 1 is 1.43 bits per heavy atom. The lowest BCUT2D eigenvalue weighted by Gasteiger charge is -2.08. The van der Waals surface area contributed by atoms with Crippen LogP contribution in [-0.2, 0) is 13.0 Å². The number of aryl methyl sites for hydroxylation is 1. The Morgan fingerprint density at radius 2 is 2.29 bits per heavy atom. The molecule has 2 heterocycles. The second-order valence-electron chi connectivity index (χ2n) is 4.66. The second kappa shape index (κ2) is 5.77. The monoisotopic (exact) mass is 308 g/mol. The minimum absolute atomic E-state index is 0.202. The average molecular weight is 309 g/mol. The number of halogens is 2. The molecule has 0 aliphatic rings. The maximum atomic E-state index is 13.8. The largest absolute Gasteiger partial charge is 0.494 e. The Balaban J connectivity index is 2.15. The molecule has 0 aliphatic heterocycles. The number of hydrogen-bond acceptors (Lipinski definition) is 3. The van der Waals surface area contributed by atoms with E-state index in [1.54, 1.807) is 18.6 Å². The van der Waals surface area contributed by atoms with Crippen LogP contribution in [0.4, 0.5) is 4.39 Å². The number of alkyl halides is 1. The van der Waals surface area contributed by atoms with Crippen LogP contribution >= 0.6 is 11.6 Å². The summed E-state index contributed by atoms with van der Waals surface area (Å²) in [6.07, 6.45) is 3.91. The maximum Gasteiger partial charge on any atom is 0.167 e. The van der Waals surface area contributed by atoms with Crippen molar-refractivity contribution in [3.05, 3.63) is 47.9 Å². The number of rotatable bonds is 5. The van der Waals surface area contributed by atoms with E-state index < -0.39 is 5.82 Å². The highest BCUT2D eigenvalue weighted by atomic mass is 35.5. The number of fused-ring (bicyclic) bond motifs is 1. The molecule has 0 spiro atoms. The maximum absolute atomic E-state index is 13.8. The van der Waals surface area contributed by atoms with Gasteiger partial charge in [-0.3, -0.25) is 0 Å². The van der Waals surface area contributed by atoms with Crippen molar-refractivity contribution in [2.45, 2.75) is 13.0 Å². The summed E-state index contributed by atoms with van der Waals surface area (Å²) in [4.78, 5) is 4.47. The third-order valence-electron chi connectivity index (χ3n) is 3.34. The molecule has 3 rings (SSSR count). The molecule has 21 heavy (non-hydrogen) atoms. The van der Waals surface area contributed by atoms with E-state index in [1.165, 1.54) is 13.2 Å². The van der Waals surface area contributed by atoms with E-state index in [0.717, 1.165) is 16.9 Å². The second-order valence-corrected chi connectivity index (χ2v) is 5.04. The number of aromatic nitrogens is 2. The first-order chi connectivity index (χ1) is 10.2. The fourth-order valence-electron chi connectivity index (χ4n) is 2.35. The van der Waals surface area contributed by atoms with Gasteiger partial charge < -0.3 is 13.7 Å². The first kappa shape index (κ1) is 13.9. The summed E-state index contributed by atoms with van der Waals surface area (Å²) in [5, 5.41) is 0. The van der Waals surface area contributed by atoms with Gasteiger partial charge >= 0.3 is 0 Å². The molecule has 2 aromatic heterocycles. The van der Waals surface area contributed by atoms with Crippen molar-refractivity contribution < 1.29 is 13.5 Å². The smallest absolute Gasteiger partial charge is 0.167 e. The highest BCUT2D eigenvalue weighted by molar-refractivity contribution is 6.17.